The highest BCUT2D eigenvalue weighted by atomic mass is 16.6. The van der Waals surface area contributed by atoms with E-state index in [1.54, 1.807) is 0 Å². The Morgan fingerprint density at radius 3 is 1.55 bits per heavy atom. The molecule has 0 bridgehead atoms. The lowest BCUT2D eigenvalue weighted by Gasteiger charge is -2.45. The van der Waals surface area contributed by atoms with E-state index in [9.17, 15) is 0 Å². The van der Waals surface area contributed by atoms with Crippen molar-refractivity contribution in [3.05, 3.63) is 227 Å². The molecule has 10 aromatic carbocycles. The van der Waals surface area contributed by atoms with Crippen LogP contribution < -0.4 is 40.6 Å². The number of benzene rings is 10. The standard InChI is InChI=1S/C78H74BN3O2/c1-74(2,3)48-23-28-51(29-24-48)81-66-37-27-50(76(7,8)9)41-64(66)79-65-45-70-71(84-39-38-83-70)46-67(65)82(52-30-25-49(26-31-52)75(4,5)6)69-44-55(43-68(81)73(69)79)80(54-33-35-58-57-18-14-16-20-60(57)78(12,13)63(58)42-54)53-32-34-56-47(40-53)22-36-62-72(56)59-19-15-17-21-61(59)77(62,10)11/h14-37,40-46H,38-39H2,1-13H3. The molecule has 0 N–H and O–H groups in total. The molecule has 15 rings (SSSR count). The number of nitrogens with zero attached hydrogens (tertiary/aromatic N) is 3. The van der Waals surface area contributed by atoms with Gasteiger partial charge in [0.05, 0.1) is 5.69 Å². The highest BCUT2D eigenvalue weighted by Gasteiger charge is 2.46. The molecule has 0 fully saturated rings. The van der Waals surface area contributed by atoms with Crippen LogP contribution in [0.5, 0.6) is 11.5 Å². The summed E-state index contributed by atoms with van der Waals surface area (Å²) in [6.07, 6.45) is 0. The normalized spacial score (nSPS) is 15.7. The van der Waals surface area contributed by atoms with Gasteiger partial charge in [-0.05, 0) is 177 Å². The number of ether oxygens (including phenoxy) is 2. The van der Waals surface area contributed by atoms with Gasteiger partial charge in [-0.2, -0.15) is 0 Å². The quantitative estimate of drug-likeness (QED) is 0.160. The first-order chi connectivity index (χ1) is 40.1. The zero-order chi connectivity index (χ0) is 58.1. The molecule has 416 valence electrons. The van der Waals surface area contributed by atoms with Crippen LogP contribution in [0.25, 0.3) is 33.0 Å². The van der Waals surface area contributed by atoms with E-state index in [0.717, 1.165) is 57.0 Å². The van der Waals surface area contributed by atoms with Gasteiger partial charge in [0, 0.05) is 62.4 Å². The molecule has 0 amide bonds. The summed E-state index contributed by atoms with van der Waals surface area (Å²) >= 11 is 0. The molecule has 0 unspecified atom stereocenters. The van der Waals surface area contributed by atoms with E-state index in [4.69, 9.17) is 9.47 Å². The van der Waals surface area contributed by atoms with Crippen molar-refractivity contribution in [2.75, 3.05) is 27.9 Å². The van der Waals surface area contributed by atoms with E-state index in [1.807, 2.05) is 0 Å². The monoisotopic (exact) mass is 1100 g/mol. The van der Waals surface area contributed by atoms with Gasteiger partial charge in [0.2, 0.25) is 0 Å². The smallest absolute Gasteiger partial charge is 0.252 e. The van der Waals surface area contributed by atoms with Gasteiger partial charge in [-0.3, -0.25) is 0 Å². The van der Waals surface area contributed by atoms with Crippen LogP contribution in [0.1, 0.15) is 129 Å². The van der Waals surface area contributed by atoms with Gasteiger partial charge in [0.15, 0.2) is 11.5 Å². The molecule has 0 aromatic heterocycles. The van der Waals surface area contributed by atoms with Crippen LogP contribution in [0.2, 0.25) is 0 Å². The van der Waals surface area contributed by atoms with E-state index in [0.29, 0.717) is 13.2 Å². The third kappa shape index (κ3) is 7.81. The minimum absolute atomic E-state index is 0.0202. The average Bonchev–Trinajstić information content (AvgIpc) is 1.29. The second-order valence-electron chi connectivity index (χ2n) is 28.5. The maximum Gasteiger partial charge on any atom is 0.252 e. The summed E-state index contributed by atoms with van der Waals surface area (Å²) in [7, 11) is 0. The lowest BCUT2D eigenvalue weighted by Crippen LogP contribution is -2.61. The van der Waals surface area contributed by atoms with E-state index in [1.165, 1.54) is 94.0 Å². The molecule has 0 radical (unpaired) electrons. The van der Waals surface area contributed by atoms with Crippen LogP contribution in [-0.4, -0.2) is 19.9 Å². The van der Waals surface area contributed by atoms with E-state index in [2.05, 4.69) is 293 Å². The highest BCUT2D eigenvalue weighted by molar-refractivity contribution is 7.00. The molecule has 2 aliphatic carbocycles. The zero-order valence-corrected chi connectivity index (χ0v) is 51.0. The van der Waals surface area contributed by atoms with Crippen molar-refractivity contribution in [1.29, 1.82) is 0 Å². The summed E-state index contributed by atoms with van der Waals surface area (Å²) in [4.78, 5) is 7.65. The Morgan fingerprint density at radius 2 is 0.917 bits per heavy atom. The maximum atomic E-state index is 6.55. The summed E-state index contributed by atoms with van der Waals surface area (Å²) < 4.78 is 13.1. The van der Waals surface area contributed by atoms with Crippen molar-refractivity contribution >= 4 is 85.1 Å². The molecule has 0 saturated heterocycles. The first-order valence-electron chi connectivity index (χ1n) is 30.3. The third-order valence-corrected chi connectivity index (χ3v) is 19.5. The molecule has 0 saturated carbocycles. The topological polar surface area (TPSA) is 28.2 Å². The number of fused-ring (bicyclic) bond motifs is 13. The van der Waals surface area contributed by atoms with Crippen LogP contribution in [0, 0.1) is 0 Å². The second-order valence-corrected chi connectivity index (χ2v) is 28.5. The fourth-order valence-corrected chi connectivity index (χ4v) is 14.8. The van der Waals surface area contributed by atoms with Crippen molar-refractivity contribution < 1.29 is 9.47 Å². The Balaban J connectivity index is 1.05. The number of anilines is 9. The Kier molecular flexibility index (Phi) is 11.2. The molecule has 3 heterocycles. The molecule has 0 spiro atoms. The molecule has 10 aromatic rings. The van der Waals surface area contributed by atoms with Crippen LogP contribution in [0.3, 0.4) is 0 Å². The number of rotatable bonds is 5. The molecule has 0 atom stereocenters. The lowest BCUT2D eigenvalue weighted by atomic mass is 9.33. The molecule has 5 aliphatic rings. The number of hydrogen-bond acceptors (Lipinski definition) is 5. The van der Waals surface area contributed by atoms with Crippen LogP contribution in [0.15, 0.2) is 188 Å². The largest absolute Gasteiger partial charge is 0.486 e. The lowest BCUT2D eigenvalue weighted by molar-refractivity contribution is 0.172. The van der Waals surface area contributed by atoms with Crippen molar-refractivity contribution in [2.45, 2.75) is 117 Å². The summed E-state index contributed by atoms with van der Waals surface area (Å²) in [5.74, 6) is 1.56. The van der Waals surface area contributed by atoms with Crippen LogP contribution in [0.4, 0.5) is 51.2 Å². The second kappa shape index (κ2) is 18.0. The van der Waals surface area contributed by atoms with Gasteiger partial charge in [-0.25, -0.2) is 0 Å². The molecule has 5 nitrogen and oxygen atoms in total. The molecular formula is C78H74BN3O2. The summed E-state index contributed by atoms with van der Waals surface area (Å²) in [5.41, 5.74) is 27.8. The fraction of sp³-hybridized carbons (Fsp3) is 0.256. The predicted molar refractivity (Wildman–Crippen MR) is 355 cm³/mol. The minimum Gasteiger partial charge on any atom is -0.486 e. The molecule has 6 heteroatoms. The van der Waals surface area contributed by atoms with E-state index in [-0.39, 0.29) is 33.8 Å². The summed E-state index contributed by atoms with van der Waals surface area (Å²) in [6, 6.07) is 72.8. The third-order valence-electron chi connectivity index (χ3n) is 19.5. The summed E-state index contributed by atoms with van der Waals surface area (Å²) in [6.45, 7) is 31.2. The fourth-order valence-electron chi connectivity index (χ4n) is 14.8. The van der Waals surface area contributed by atoms with Crippen LogP contribution >= 0.6 is 0 Å². The van der Waals surface area contributed by atoms with Crippen molar-refractivity contribution in [3.63, 3.8) is 0 Å². The van der Waals surface area contributed by atoms with Gasteiger partial charge in [-0.1, -0.05) is 199 Å². The van der Waals surface area contributed by atoms with E-state index < -0.39 is 0 Å². The average molecular weight is 1100 g/mol. The Hall–Kier alpha value is -8.48. The van der Waals surface area contributed by atoms with Gasteiger partial charge >= 0.3 is 0 Å². The Bertz CT molecular complexity index is 4400. The van der Waals surface area contributed by atoms with E-state index >= 15 is 0 Å². The molecule has 3 aliphatic heterocycles. The summed E-state index contributed by atoms with van der Waals surface area (Å²) in [5, 5.41) is 2.48. The van der Waals surface area contributed by atoms with Crippen molar-refractivity contribution in [3.8, 4) is 33.8 Å². The van der Waals surface area contributed by atoms with Crippen molar-refractivity contribution in [1.82, 2.24) is 0 Å². The van der Waals surface area contributed by atoms with Crippen molar-refractivity contribution in [2.24, 2.45) is 0 Å². The SMILES string of the molecule is CC(C)(C)c1ccc(N2c3ccc(C(C)(C)C)cc3B3c4cc5c(cc4N(c4ccc(C(C)(C)C)cc4)c4cc(N(c6ccc7c(c6)C(C)(C)c6ccccc6-7)c6ccc7c8c(ccc7c6)C(C)(C)c6ccccc6-8)cc2c43)OCCO5)cc1. The Labute approximate surface area is 497 Å². The van der Waals surface area contributed by atoms with Gasteiger partial charge in [0.25, 0.3) is 6.71 Å². The van der Waals surface area contributed by atoms with Gasteiger partial charge in [0.1, 0.15) is 13.2 Å². The Morgan fingerprint density at radius 1 is 0.405 bits per heavy atom. The van der Waals surface area contributed by atoms with Gasteiger partial charge < -0.3 is 24.2 Å². The van der Waals surface area contributed by atoms with Gasteiger partial charge in [-0.15, -0.1) is 0 Å². The predicted octanol–water partition coefficient (Wildman–Crippen LogP) is 18.7. The molecule has 84 heavy (non-hydrogen) atoms. The number of hydrogen-bond donors (Lipinski definition) is 0. The maximum absolute atomic E-state index is 6.55. The van der Waals surface area contributed by atoms with Crippen LogP contribution in [-0.2, 0) is 27.1 Å². The highest BCUT2D eigenvalue weighted by Crippen LogP contribution is 2.56. The minimum atomic E-state index is -0.219. The zero-order valence-electron chi connectivity index (χ0n) is 51.0. The first kappa shape index (κ1) is 52.3. The first-order valence-corrected chi connectivity index (χ1v) is 30.3. The molecular weight excluding hydrogens is 1020 g/mol.